The lowest BCUT2D eigenvalue weighted by atomic mass is 9.96. The SMILES string of the molecule is NCC1O[C@H](O[C@@H]2C(N)O[C@@H](N)C(OC3O[C@H](CO)C(O)[C@@H](N)[C@H]3O)[C@H]2OCN2CCCNCCNCCCNCC2)C(N)C[C@@H]1O. The number of nitrogens with zero attached hydrogens (tertiary/aromatic N) is 1. The summed E-state index contributed by atoms with van der Waals surface area (Å²) in [6.45, 7) is 6.19. The van der Waals surface area contributed by atoms with Gasteiger partial charge in [-0.05, 0) is 38.9 Å². The Morgan fingerprint density at radius 1 is 0.702 bits per heavy atom. The summed E-state index contributed by atoms with van der Waals surface area (Å²) in [7, 11) is 0. The van der Waals surface area contributed by atoms with Crippen LogP contribution in [0, 0.1) is 0 Å². The van der Waals surface area contributed by atoms with E-state index in [-0.39, 0.29) is 19.7 Å². The van der Waals surface area contributed by atoms with Crippen molar-refractivity contribution in [3.63, 3.8) is 0 Å². The van der Waals surface area contributed by atoms with Crippen molar-refractivity contribution >= 4 is 0 Å². The van der Waals surface area contributed by atoms with E-state index in [9.17, 15) is 20.4 Å². The standard InChI is InChI=1S/C28H59N9O10/c29-12-17-16(39)11-15(30)27(43-17)45-23-22(42-14-37-9-2-5-35-7-6-34-3-1-4-36-8-10-37)24(26(33)47-25(23)32)46-28-21(41)19(31)20(40)18(13-38)44-28/h15-28,34-36,38-41H,1-14,29-33H2/t15?,16-,17?,18+,19+,20?,21+,22-,23-,24?,25?,26+,27+,28?/m0/s1. The molecule has 0 radical (unpaired) electrons. The largest absolute Gasteiger partial charge is 0.394 e. The van der Waals surface area contributed by atoms with Crippen LogP contribution in [0.15, 0.2) is 0 Å². The molecule has 4 fully saturated rings. The zero-order chi connectivity index (χ0) is 33.9. The molecule has 276 valence electrons. The van der Waals surface area contributed by atoms with Gasteiger partial charge in [0, 0.05) is 39.3 Å². The summed E-state index contributed by atoms with van der Waals surface area (Å²) >= 11 is 0. The molecule has 47 heavy (non-hydrogen) atoms. The Morgan fingerprint density at radius 2 is 1.32 bits per heavy atom. The highest BCUT2D eigenvalue weighted by Crippen LogP contribution is 2.31. The second kappa shape index (κ2) is 19.6. The van der Waals surface area contributed by atoms with Gasteiger partial charge in [-0.3, -0.25) is 4.90 Å². The van der Waals surface area contributed by atoms with E-state index < -0.39 is 92.6 Å². The zero-order valence-electron chi connectivity index (χ0n) is 27.1. The van der Waals surface area contributed by atoms with Crippen molar-refractivity contribution in [1.29, 1.82) is 0 Å². The molecule has 0 aromatic heterocycles. The molecule has 19 nitrogen and oxygen atoms in total. The molecular weight excluding hydrogens is 622 g/mol. The monoisotopic (exact) mass is 681 g/mol. The van der Waals surface area contributed by atoms with Crippen LogP contribution in [-0.4, -0.2) is 184 Å². The first kappa shape index (κ1) is 39.0. The summed E-state index contributed by atoms with van der Waals surface area (Å²) in [5.41, 5.74) is 31.0. The van der Waals surface area contributed by atoms with Gasteiger partial charge in [0.15, 0.2) is 12.6 Å². The summed E-state index contributed by atoms with van der Waals surface area (Å²) in [5.74, 6) is 0. The lowest BCUT2D eigenvalue weighted by Crippen LogP contribution is -2.69. The predicted molar refractivity (Wildman–Crippen MR) is 168 cm³/mol. The number of nitrogens with two attached hydrogens (primary N) is 5. The second-order valence-electron chi connectivity index (χ2n) is 12.6. The molecule has 0 bridgehead atoms. The highest BCUT2D eigenvalue weighted by molar-refractivity contribution is 4.97. The third kappa shape index (κ3) is 10.9. The summed E-state index contributed by atoms with van der Waals surface area (Å²) < 4.78 is 36.5. The fourth-order valence-electron chi connectivity index (χ4n) is 6.17. The van der Waals surface area contributed by atoms with Crippen LogP contribution in [0.2, 0.25) is 0 Å². The Bertz CT molecular complexity index is 877. The highest BCUT2D eigenvalue weighted by atomic mass is 16.7. The molecule has 0 aromatic rings. The number of aliphatic hydroxyl groups is 4. The van der Waals surface area contributed by atoms with Crippen molar-refractivity contribution in [2.75, 3.05) is 72.2 Å². The smallest absolute Gasteiger partial charge is 0.186 e. The molecule has 0 saturated carbocycles. The van der Waals surface area contributed by atoms with Gasteiger partial charge in [0.2, 0.25) is 0 Å². The van der Waals surface area contributed by atoms with Crippen LogP contribution < -0.4 is 44.6 Å². The van der Waals surface area contributed by atoms with Gasteiger partial charge in [0.25, 0.3) is 0 Å². The Labute approximate surface area is 276 Å². The molecular formula is C28H59N9O10. The van der Waals surface area contributed by atoms with Crippen LogP contribution in [0.3, 0.4) is 0 Å². The molecule has 0 spiro atoms. The molecule has 4 aliphatic rings. The van der Waals surface area contributed by atoms with Crippen molar-refractivity contribution in [3.8, 4) is 0 Å². The van der Waals surface area contributed by atoms with E-state index >= 15 is 0 Å². The number of hydrogen-bond acceptors (Lipinski definition) is 19. The van der Waals surface area contributed by atoms with E-state index in [1.165, 1.54) is 0 Å². The number of ether oxygens (including phenoxy) is 6. The van der Waals surface area contributed by atoms with Crippen LogP contribution >= 0.6 is 0 Å². The molecule has 4 saturated heterocycles. The average molecular weight is 682 g/mol. The maximum atomic E-state index is 10.8. The molecule has 0 amide bonds. The molecule has 4 heterocycles. The number of rotatable bonds is 9. The maximum Gasteiger partial charge on any atom is 0.186 e. The first-order valence-corrected chi connectivity index (χ1v) is 16.8. The quantitative estimate of drug-likeness (QED) is 0.108. The lowest BCUT2D eigenvalue weighted by Gasteiger charge is -2.49. The molecule has 6 unspecified atom stereocenters. The van der Waals surface area contributed by atoms with E-state index in [4.69, 9.17) is 57.1 Å². The van der Waals surface area contributed by atoms with Crippen molar-refractivity contribution in [2.45, 2.75) is 105 Å². The van der Waals surface area contributed by atoms with Gasteiger partial charge < -0.3 is 93.5 Å². The fraction of sp³-hybridized carbons (Fsp3) is 1.00. The highest BCUT2D eigenvalue weighted by Gasteiger charge is 2.52. The maximum absolute atomic E-state index is 10.8. The lowest BCUT2D eigenvalue weighted by molar-refractivity contribution is -0.349. The Morgan fingerprint density at radius 3 is 1.98 bits per heavy atom. The van der Waals surface area contributed by atoms with Crippen molar-refractivity contribution in [3.05, 3.63) is 0 Å². The van der Waals surface area contributed by atoms with Crippen molar-refractivity contribution in [1.82, 2.24) is 20.9 Å². The molecule has 4 rings (SSSR count). The Hall–Kier alpha value is -0.760. The Kier molecular flexibility index (Phi) is 16.3. The number of hydrogen-bond donors (Lipinski definition) is 12. The van der Waals surface area contributed by atoms with Crippen LogP contribution in [0.4, 0.5) is 0 Å². The first-order chi connectivity index (χ1) is 22.6. The van der Waals surface area contributed by atoms with E-state index in [0.717, 1.165) is 58.7 Å². The van der Waals surface area contributed by atoms with Crippen LogP contribution in [0.25, 0.3) is 0 Å². The van der Waals surface area contributed by atoms with Gasteiger partial charge >= 0.3 is 0 Å². The van der Waals surface area contributed by atoms with Gasteiger partial charge in [0.05, 0.1) is 37.6 Å². The van der Waals surface area contributed by atoms with Crippen LogP contribution in [0.5, 0.6) is 0 Å². The number of aliphatic hydroxyl groups excluding tert-OH is 4. The van der Waals surface area contributed by atoms with Gasteiger partial charge in [-0.1, -0.05) is 0 Å². The minimum Gasteiger partial charge on any atom is -0.394 e. The van der Waals surface area contributed by atoms with Gasteiger partial charge in [-0.25, -0.2) is 0 Å². The van der Waals surface area contributed by atoms with E-state index in [1.54, 1.807) is 0 Å². The Balaban J connectivity index is 1.53. The summed E-state index contributed by atoms with van der Waals surface area (Å²) in [5, 5.41) is 51.6. The van der Waals surface area contributed by atoms with Crippen LogP contribution in [0.1, 0.15) is 19.3 Å². The third-order valence-electron chi connectivity index (χ3n) is 9.03. The van der Waals surface area contributed by atoms with E-state index in [1.807, 2.05) is 0 Å². The topological polar surface area (TPSA) is 306 Å². The normalized spacial score (nSPS) is 44.1. The van der Waals surface area contributed by atoms with Gasteiger partial charge in [-0.2, -0.15) is 0 Å². The van der Waals surface area contributed by atoms with E-state index in [0.29, 0.717) is 6.54 Å². The zero-order valence-corrected chi connectivity index (χ0v) is 27.1. The minimum atomic E-state index is -1.48. The number of nitrogens with one attached hydrogen (secondary N) is 3. The first-order valence-electron chi connectivity index (χ1n) is 16.8. The molecule has 0 aromatic carbocycles. The average Bonchev–Trinajstić information content (AvgIpc) is 3.05. The molecule has 0 aliphatic carbocycles. The van der Waals surface area contributed by atoms with Gasteiger partial charge in [0.1, 0.15) is 49.1 Å². The molecule has 19 heteroatoms. The summed E-state index contributed by atoms with van der Waals surface area (Å²) in [4.78, 5) is 2.14. The summed E-state index contributed by atoms with van der Waals surface area (Å²) in [6, 6.07) is -1.90. The molecule has 4 aliphatic heterocycles. The second-order valence-corrected chi connectivity index (χ2v) is 12.6. The third-order valence-corrected chi connectivity index (χ3v) is 9.03. The predicted octanol–water partition coefficient (Wildman–Crippen LogP) is -6.91. The van der Waals surface area contributed by atoms with Crippen molar-refractivity contribution in [2.24, 2.45) is 28.7 Å². The van der Waals surface area contributed by atoms with Crippen molar-refractivity contribution < 1.29 is 48.8 Å². The van der Waals surface area contributed by atoms with E-state index in [2.05, 4.69) is 20.9 Å². The fourth-order valence-corrected chi connectivity index (χ4v) is 6.17. The van der Waals surface area contributed by atoms with Gasteiger partial charge in [-0.15, -0.1) is 0 Å². The summed E-state index contributed by atoms with van der Waals surface area (Å²) in [6.07, 6.45) is -11.4. The molecule has 14 atom stereocenters. The van der Waals surface area contributed by atoms with Crippen LogP contribution in [-0.2, 0) is 28.4 Å². The minimum absolute atomic E-state index is 0.0426. The molecule has 17 N–H and O–H groups in total.